The van der Waals surface area contributed by atoms with Crippen LogP contribution in [0.25, 0.3) is 0 Å². The summed E-state index contributed by atoms with van der Waals surface area (Å²) in [6, 6.07) is 0.0602. The van der Waals surface area contributed by atoms with Crippen molar-refractivity contribution in [3.8, 4) is 0 Å². The monoisotopic (exact) mass is 222 g/mol. The molecular weight excluding hydrogens is 209 g/mol. The number of hydrogen-bond donors (Lipinski definition) is 1. The van der Waals surface area contributed by atoms with Crippen LogP contribution in [0.2, 0.25) is 0 Å². The Balaban J connectivity index is 2.00. The number of hydrogen-bond acceptors (Lipinski definition) is 2. The normalized spacial score (nSPS) is 31.5. The van der Waals surface area contributed by atoms with Gasteiger partial charge in [0.2, 0.25) is 0 Å². The smallest absolute Gasteiger partial charge is 0.333 e. The largest absolute Gasteiger partial charge is 0.471 e. The van der Waals surface area contributed by atoms with Crippen molar-refractivity contribution in [2.45, 2.75) is 25.1 Å². The quantitative estimate of drug-likeness (QED) is 0.656. The Labute approximate surface area is 85.6 Å². The van der Waals surface area contributed by atoms with Gasteiger partial charge in [-0.25, -0.2) is 0 Å². The molecule has 2 rings (SSSR count). The van der Waals surface area contributed by atoms with Gasteiger partial charge in [0.1, 0.15) is 0 Å². The van der Waals surface area contributed by atoms with Gasteiger partial charge < -0.3 is 10.2 Å². The van der Waals surface area contributed by atoms with Crippen molar-refractivity contribution < 1.29 is 18.0 Å². The lowest BCUT2D eigenvalue weighted by Crippen LogP contribution is -2.42. The van der Waals surface area contributed by atoms with E-state index in [1.54, 1.807) is 0 Å². The number of carbonyl (C=O) groups excluding carboxylic acids is 1. The fourth-order valence-electron chi connectivity index (χ4n) is 2.39. The van der Waals surface area contributed by atoms with Gasteiger partial charge in [-0.1, -0.05) is 0 Å². The van der Waals surface area contributed by atoms with Gasteiger partial charge in [-0.3, -0.25) is 4.79 Å². The molecule has 2 fully saturated rings. The first-order valence-electron chi connectivity index (χ1n) is 5.08. The molecule has 0 bridgehead atoms. The molecule has 0 spiro atoms. The Morgan fingerprint density at radius 2 is 2.07 bits per heavy atom. The molecular formula is C9H13F3N2O. The number of halogens is 3. The van der Waals surface area contributed by atoms with Crippen molar-refractivity contribution in [1.29, 1.82) is 0 Å². The van der Waals surface area contributed by atoms with Crippen LogP contribution < -0.4 is 5.32 Å². The standard InChI is InChI=1S/C9H13F3N2O/c10-9(11,12)8(15)14-4-6-2-1-3-13-7(6)5-14/h6-7,13H,1-5H2. The second-order valence-electron chi connectivity index (χ2n) is 4.17. The Hall–Kier alpha value is -0.780. The summed E-state index contributed by atoms with van der Waals surface area (Å²) in [7, 11) is 0. The van der Waals surface area contributed by atoms with Gasteiger partial charge in [-0.05, 0) is 25.3 Å². The number of amides is 1. The van der Waals surface area contributed by atoms with Crippen LogP contribution in [-0.4, -0.2) is 42.7 Å². The Kier molecular flexibility index (Phi) is 2.62. The summed E-state index contributed by atoms with van der Waals surface area (Å²) in [5, 5.41) is 3.16. The number of piperidine rings is 1. The van der Waals surface area contributed by atoms with E-state index in [2.05, 4.69) is 5.32 Å². The zero-order valence-corrected chi connectivity index (χ0v) is 8.18. The highest BCUT2D eigenvalue weighted by atomic mass is 19.4. The summed E-state index contributed by atoms with van der Waals surface area (Å²) >= 11 is 0. The lowest BCUT2D eigenvalue weighted by molar-refractivity contribution is -0.184. The molecule has 2 unspecified atom stereocenters. The topological polar surface area (TPSA) is 32.3 Å². The summed E-state index contributed by atoms with van der Waals surface area (Å²) in [5.41, 5.74) is 0. The third-order valence-electron chi connectivity index (χ3n) is 3.13. The van der Waals surface area contributed by atoms with Crippen LogP contribution in [0.5, 0.6) is 0 Å². The van der Waals surface area contributed by atoms with E-state index < -0.39 is 12.1 Å². The first-order valence-corrected chi connectivity index (χ1v) is 5.08. The van der Waals surface area contributed by atoms with Crippen molar-refractivity contribution in [3.63, 3.8) is 0 Å². The average molecular weight is 222 g/mol. The Bertz CT molecular complexity index is 253. The van der Waals surface area contributed by atoms with Crippen LogP contribution in [0.3, 0.4) is 0 Å². The molecule has 0 radical (unpaired) electrons. The molecule has 2 atom stereocenters. The van der Waals surface area contributed by atoms with E-state index >= 15 is 0 Å². The SMILES string of the molecule is O=C(N1CC2CCCNC2C1)C(F)(F)F. The number of nitrogens with zero attached hydrogens (tertiary/aromatic N) is 1. The van der Waals surface area contributed by atoms with Crippen LogP contribution in [0.1, 0.15) is 12.8 Å². The molecule has 3 nitrogen and oxygen atoms in total. The molecule has 86 valence electrons. The number of nitrogens with one attached hydrogen (secondary N) is 1. The van der Waals surface area contributed by atoms with E-state index in [0.29, 0.717) is 0 Å². The van der Waals surface area contributed by atoms with Crippen LogP contribution in [-0.2, 0) is 4.79 Å². The van der Waals surface area contributed by atoms with Crippen LogP contribution in [0.4, 0.5) is 13.2 Å². The zero-order valence-electron chi connectivity index (χ0n) is 8.18. The van der Waals surface area contributed by atoms with Crippen molar-refractivity contribution in [2.75, 3.05) is 19.6 Å². The van der Waals surface area contributed by atoms with Crippen molar-refractivity contribution in [1.82, 2.24) is 10.2 Å². The molecule has 0 aromatic rings. The van der Waals surface area contributed by atoms with Crippen LogP contribution in [0, 0.1) is 5.92 Å². The molecule has 1 amide bonds. The number of carbonyl (C=O) groups is 1. The molecule has 0 aromatic carbocycles. The zero-order chi connectivity index (χ0) is 11.1. The number of alkyl halides is 3. The average Bonchev–Trinajstić information content (AvgIpc) is 2.58. The van der Waals surface area contributed by atoms with Gasteiger partial charge in [-0.2, -0.15) is 13.2 Å². The van der Waals surface area contributed by atoms with Gasteiger partial charge in [-0.15, -0.1) is 0 Å². The summed E-state index contributed by atoms with van der Waals surface area (Å²) < 4.78 is 36.5. The molecule has 0 aromatic heterocycles. The summed E-state index contributed by atoms with van der Waals surface area (Å²) in [6.07, 6.45) is -2.83. The van der Waals surface area contributed by atoms with E-state index in [1.165, 1.54) is 0 Å². The molecule has 2 aliphatic rings. The molecule has 15 heavy (non-hydrogen) atoms. The molecule has 0 saturated carbocycles. The molecule has 1 N–H and O–H groups in total. The highest BCUT2D eigenvalue weighted by Crippen LogP contribution is 2.28. The fraction of sp³-hybridized carbons (Fsp3) is 0.889. The van der Waals surface area contributed by atoms with Gasteiger partial charge in [0.15, 0.2) is 0 Å². The van der Waals surface area contributed by atoms with Crippen molar-refractivity contribution >= 4 is 5.91 Å². The number of fused-ring (bicyclic) bond motifs is 1. The van der Waals surface area contributed by atoms with Crippen molar-refractivity contribution in [2.24, 2.45) is 5.92 Å². The maximum Gasteiger partial charge on any atom is 0.471 e. The highest BCUT2D eigenvalue weighted by molar-refractivity contribution is 5.82. The first kappa shape index (κ1) is 10.7. The summed E-state index contributed by atoms with van der Waals surface area (Å²) in [4.78, 5) is 11.9. The first-order chi connectivity index (χ1) is 6.98. The van der Waals surface area contributed by atoms with E-state index in [0.717, 1.165) is 24.3 Å². The number of rotatable bonds is 0. The molecule has 2 aliphatic heterocycles. The molecule has 0 aliphatic carbocycles. The summed E-state index contributed by atoms with van der Waals surface area (Å²) in [6.45, 7) is 1.29. The van der Waals surface area contributed by atoms with E-state index in [4.69, 9.17) is 0 Å². The predicted octanol–water partition coefficient (Wildman–Crippen LogP) is 0.759. The lowest BCUT2D eigenvalue weighted by atomic mass is 9.94. The third-order valence-corrected chi connectivity index (χ3v) is 3.13. The second kappa shape index (κ2) is 3.66. The van der Waals surface area contributed by atoms with Gasteiger partial charge in [0.25, 0.3) is 0 Å². The van der Waals surface area contributed by atoms with E-state index in [9.17, 15) is 18.0 Å². The van der Waals surface area contributed by atoms with Crippen LogP contribution in [0.15, 0.2) is 0 Å². The summed E-state index contributed by atoms with van der Waals surface area (Å²) in [5.74, 6) is -1.50. The van der Waals surface area contributed by atoms with Gasteiger partial charge >= 0.3 is 12.1 Å². The maximum atomic E-state index is 12.2. The Morgan fingerprint density at radius 3 is 2.67 bits per heavy atom. The van der Waals surface area contributed by atoms with E-state index in [-0.39, 0.29) is 25.0 Å². The minimum Gasteiger partial charge on any atom is -0.333 e. The molecule has 2 saturated heterocycles. The fourth-order valence-corrected chi connectivity index (χ4v) is 2.39. The minimum absolute atomic E-state index is 0.0602. The van der Waals surface area contributed by atoms with Gasteiger partial charge in [0.05, 0.1) is 0 Å². The molecule has 6 heteroatoms. The highest BCUT2D eigenvalue weighted by Gasteiger charge is 2.47. The minimum atomic E-state index is -4.73. The third kappa shape index (κ3) is 2.09. The molecule has 2 heterocycles. The second-order valence-corrected chi connectivity index (χ2v) is 4.17. The maximum absolute atomic E-state index is 12.2. The van der Waals surface area contributed by atoms with Gasteiger partial charge in [0, 0.05) is 19.1 Å². The van der Waals surface area contributed by atoms with Crippen LogP contribution >= 0.6 is 0 Å². The number of likely N-dealkylation sites (tertiary alicyclic amines) is 1. The lowest BCUT2D eigenvalue weighted by Gasteiger charge is -2.24. The van der Waals surface area contributed by atoms with E-state index in [1.807, 2.05) is 0 Å². The van der Waals surface area contributed by atoms with Crippen molar-refractivity contribution in [3.05, 3.63) is 0 Å². The Morgan fingerprint density at radius 1 is 1.33 bits per heavy atom. The predicted molar refractivity (Wildman–Crippen MR) is 47.1 cm³/mol.